The summed E-state index contributed by atoms with van der Waals surface area (Å²) in [5, 5.41) is 12.3. The van der Waals surface area contributed by atoms with Crippen molar-refractivity contribution >= 4 is 26.9 Å². The van der Waals surface area contributed by atoms with E-state index in [-0.39, 0.29) is 21.3 Å². The molecular weight excluding hydrogens is 304 g/mol. The maximum Gasteiger partial charge on any atom is 0.270 e. The zero-order chi connectivity index (χ0) is 14.8. The second-order valence-electron chi connectivity index (χ2n) is 3.81. The molecule has 0 saturated carbocycles. The smallest absolute Gasteiger partial charge is 0.270 e. The van der Waals surface area contributed by atoms with Crippen LogP contribution >= 0.6 is 11.3 Å². The Morgan fingerprint density at radius 1 is 1.45 bits per heavy atom. The molecule has 7 nitrogen and oxygen atoms in total. The first-order valence-electron chi connectivity index (χ1n) is 5.37. The summed E-state index contributed by atoms with van der Waals surface area (Å²) in [6, 6.07) is 3.84. The number of nitrogens with zero attached hydrogens (tertiary/aromatic N) is 2. The highest BCUT2D eigenvalue weighted by atomic mass is 32.2. The Morgan fingerprint density at radius 2 is 2.20 bits per heavy atom. The summed E-state index contributed by atoms with van der Waals surface area (Å²) in [5.74, 6) is -0.110. The van der Waals surface area contributed by atoms with E-state index in [0.29, 0.717) is 0 Å². The molecule has 2 aromatic rings. The molecule has 0 radical (unpaired) electrons. The second-order valence-corrected chi connectivity index (χ2v) is 6.87. The lowest BCUT2D eigenvalue weighted by atomic mass is 10.2. The molecule has 0 bridgehead atoms. The Kier molecular flexibility index (Phi) is 4.00. The minimum Gasteiger partial charge on any atom is -0.496 e. The largest absolute Gasteiger partial charge is 0.496 e. The van der Waals surface area contributed by atoms with E-state index in [1.54, 1.807) is 5.38 Å². The standard InChI is InChI=1S/C11H10N2O5S2/c1-18-10-3-2-9(13(14)15)6-8(10)7-20(16,17)11-12-4-5-19-11/h2-6H,7H2,1H3. The Hall–Kier alpha value is -2.00. The molecular formula is C11H10N2O5S2. The Labute approximate surface area is 118 Å². The molecule has 0 aliphatic carbocycles. The van der Waals surface area contributed by atoms with Crippen LogP contribution in [0.15, 0.2) is 34.1 Å². The molecule has 0 saturated heterocycles. The van der Waals surface area contributed by atoms with E-state index in [1.807, 2.05) is 0 Å². The third kappa shape index (κ3) is 2.94. The predicted octanol–water partition coefficient (Wildman–Crippen LogP) is 2.03. The first kappa shape index (κ1) is 14.4. The second kappa shape index (κ2) is 5.55. The third-order valence-corrected chi connectivity index (χ3v) is 5.44. The van der Waals surface area contributed by atoms with E-state index in [4.69, 9.17) is 4.74 Å². The van der Waals surface area contributed by atoms with Crippen molar-refractivity contribution in [2.45, 2.75) is 10.1 Å². The molecule has 20 heavy (non-hydrogen) atoms. The monoisotopic (exact) mass is 314 g/mol. The van der Waals surface area contributed by atoms with Crippen LogP contribution in [-0.4, -0.2) is 25.4 Å². The number of hydrogen-bond acceptors (Lipinski definition) is 7. The van der Waals surface area contributed by atoms with Crippen molar-refractivity contribution < 1.29 is 18.1 Å². The van der Waals surface area contributed by atoms with Gasteiger partial charge in [-0.3, -0.25) is 10.1 Å². The Bertz CT molecular complexity index is 725. The SMILES string of the molecule is COc1ccc([N+](=O)[O-])cc1CS(=O)(=O)c1nccs1. The van der Waals surface area contributed by atoms with Crippen LogP contribution in [0.4, 0.5) is 5.69 Å². The molecule has 1 heterocycles. The van der Waals surface area contributed by atoms with Crippen molar-refractivity contribution in [3.05, 3.63) is 45.5 Å². The highest BCUT2D eigenvalue weighted by Gasteiger charge is 2.22. The van der Waals surface area contributed by atoms with E-state index in [2.05, 4.69) is 4.98 Å². The zero-order valence-corrected chi connectivity index (χ0v) is 12.0. The number of hydrogen-bond donors (Lipinski definition) is 0. The molecule has 0 unspecified atom stereocenters. The van der Waals surface area contributed by atoms with Gasteiger partial charge in [-0.1, -0.05) is 0 Å². The van der Waals surface area contributed by atoms with Gasteiger partial charge in [0.2, 0.25) is 14.2 Å². The summed E-state index contributed by atoms with van der Waals surface area (Å²) in [6.45, 7) is 0. The number of nitro groups is 1. The summed E-state index contributed by atoms with van der Waals surface area (Å²) in [5.41, 5.74) is 0.0482. The number of ether oxygens (including phenoxy) is 1. The van der Waals surface area contributed by atoms with Crippen molar-refractivity contribution in [3.63, 3.8) is 0 Å². The van der Waals surface area contributed by atoms with Gasteiger partial charge in [0.05, 0.1) is 17.8 Å². The molecule has 0 spiro atoms. The average molecular weight is 314 g/mol. The number of thiazole rings is 1. The minimum atomic E-state index is -3.64. The minimum absolute atomic E-state index is 0.0222. The highest BCUT2D eigenvalue weighted by molar-refractivity contribution is 7.92. The van der Waals surface area contributed by atoms with Gasteiger partial charge in [-0.15, -0.1) is 11.3 Å². The van der Waals surface area contributed by atoms with Gasteiger partial charge in [-0.25, -0.2) is 13.4 Å². The number of aromatic nitrogens is 1. The molecule has 106 valence electrons. The molecule has 0 N–H and O–H groups in total. The fraction of sp³-hybridized carbons (Fsp3) is 0.182. The van der Waals surface area contributed by atoms with E-state index in [1.165, 1.54) is 31.5 Å². The molecule has 0 atom stereocenters. The third-order valence-electron chi connectivity index (χ3n) is 2.50. The van der Waals surface area contributed by atoms with Gasteiger partial charge in [0.25, 0.3) is 5.69 Å². The van der Waals surface area contributed by atoms with Crippen LogP contribution in [0.3, 0.4) is 0 Å². The van der Waals surface area contributed by atoms with Crippen LogP contribution in [-0.2, 0) is 15.6 Å². The number of nitro benzene ring substituents is 1. The lowest BCUT2D eigenvalue weighted by Gasteiger charge is -2.07. The summed E-state index contributed by atoms with van der Waals surface area (Å²) < 4.78 is 29.3. The van der Waals surface area contributed by atoms with Crippen LogP contribution in [0.2, 0.25) is 0 Å². The molecule has 0 aliphatic heterocycles. The number of benzene rings is 1. The van der Waals surface area contributed by atoms with Gasteiger partial charge < -0.3 is 4.74 Å². The topological polar surface area (TPSA) is 99.4 Å². The van der Waals surface area contributed by atoms with Crippen molar-refractivity contribution in [2.75, 3.05) is 7.11 Å². The van der Waals surface area contributed by atoms with Crippen LogP contribution in [0.25, 0.3) is 0 Å². The molecule has 0 fully saturated rings. The lowest BCUT2D eigenvalue weighted by molar-refractivity contribution is -0.384. The van der Waals surface area contributed by atoms with E-state index in [9.17, 15) is 18.5 Å². The maximum absolute atomic E-state index is 12.1. The lowest BCUT2D eigenvalue weighted by Crippen LogP contribution is -2.06. The molecule has 2 rings (SSSR count). The van der Waals surface area contributed by atoms with Crippen LogP contribution in [0, 0.1) is 10.1 Å². The average Bonchev–Trinajstić information content (AvgIpc) is 2.92. The fourth-order valence-electron chi connectivity index (χ4n) is 1.62. The van der Waals surface area contributed by atoms with Crippen molar-refractivity contribution in [1.82, 2.24) is 4.98 Å². The summed E-state index contributed by atoms with van der Waals surface area (Å²) in [4.78, 5) is 13.9. The summed E-state index contributed by atoms with van der Waals surface area (Å²) in [6.07, 6.45) is 1.39. The first-order chi connectivity index (χ1) is 9.44. The van der Waals surface area contributed by atoms with E-state index < -0.39 is 20.5 Å². The fourth-order valence-corrected chi connectivity index (χ4v) is 3.89. The molecule has 0 amide bonds. The van der Waals surface area contributed by atoms with Gasteiger partial charge in [-0.05, 0) is 6.07 Å². The number of rotatable bonds is 5. The van der Waals surface area contributed by atoms with Gasteiger partial charge in [-0.2, -0.15) is 0 Å². The Balaban J connectivity index is 2.42. The van der Waals surface area contributed by atoms with Gasteiger partial charge in [0, 0.05) is 29.3 Å². The summed E-state index contributed by atoms with van der Waals surface area (Å²) >= 11 is 0.999. The van der Waals surface area contributed by atoms with Crippen molar-refractivity contribution in [1.29, 1.82) is 0 Å². The van der Waals surface area contributed by atoms with E-state index in [0.717, 1.165) is 11.3 Å². The maximum atomic E-state index is 12.1. The van der Waals surface area contributed by atoms with Crippen LogP contribution in [0.5, 0.6) is 5.75 Å². The predicted molar refractivity (Wildman–Crippen MR) is 72.7 cm³/mol. The quantitative estimate of drug-likeness (QED) is 0.618. The summed E-state index contributed by atoms with van der Waals surface area (Å²) in [7, 11) is -2.26. The molecule has 0 aliphatic rings. The van der Waals surface area contributed by atoms with Crippen molar-refractivity contribution in [2.24, 2.45) is 0 Å². The normalized spacial score (nSPS) is 11.2. The molecule has 1 aromatic carbocycles. The van der Waals surface area contributed by atoms with Gasteiger partial charge in [0.15, 0.2) is 0 Å². The number of sulfone groups is 1. The van der Waals surface area contributed by atoms with Gasteiger partial charge >= 0.3 is 0 Å². The molecule has 9 heteroatoms. The van der Waals surface area contributed by atoms with Crippen LogP contribution in [0.1, 0.15) is 5.56 Å². The first-order valence-corrected chi connectivity index (χ1v) is 7.91. The zero-order valence-electron chi connectivity index (χ0n) is 10.3. The van der Waals surface area contributed by atoms with E-state index >= 15 is 0 Å². The van der Waals surface area contributed by atoms with Crippen LogP contribution < -0.4 is 4.74 Å². The van der Waals surface area contributed by atoms with Crippen molar-refractivity contribution in [3.8, 4) is 5.75 Å². The highest BCUT2D eigenvalue weighted by Crippen LogP contribution is 2.28. The number of methoxy groups -OCH3 is 1. The molecule has 1 aromatic heterocycles. The van der Waals surface area contributed by atoms with Gasteiger partial charge in [0.1, 0.15) is 5.75 Å². The Morgan fingerprint density at radius 3 is 2.75 bits per heavy atom. The number of non-ortho nitro benzene ring substituents is 1.